The fourth-order valence-corrected chi connectivity index (χ4v) is 3.19. The van der Waals surface area contributed by atoms with Gasteiger partial charge in [-0.3, -0.25) is 9.59 Å². The van der Waals surface area contributed by atoms with Crippen LogP contribution in [0.25, 0.3) is 0 Å². The summed E-state index contributed by atoms with van der Waals surface area (Å²) in [6.45, 7) is 1.87. The molecule has 1 amide bonds. The third-order valence-corrected chi connectivity index (χ3v) is 4.66. The molecule has 0 saturated heterocycles. The van der Waals surface area contributed by atoms with Crippen molar-refractivity contribution in [2.24, 2.45) is 5.73 Å². The molecule has 1 aromatic carbocycles. The summed E-state index contributed by atoms with van der Waals surface area (Å²) in [5, 5.41) is 9.11. The largest absolute Gasteiger partial charge is 0.496 e. The molecule has 9 heteroatoms. The van der Waals surface area contributed by atoms with Crippen LogP contribution >= 0.6 is 0 Å². The molecule has 0 spiro atoms. The Balaban J connectivity index is 3.14. The van der Waals surface area contributed by atoms with Gasteiger partial charge in [0, 0.05) is 0 Å². The van der Waals surface area contributed by atoms with Gasteiger partial charge in [-0.15, -0.1) is 0 Å². The lowest BCUT2D eigenvalue weighted by atomic mass is 10.1. The number of ether oxygens (including phenoxy) is 1. The van der Waals surface area contributed by atoms with Gasteiger partial charge in [0.15, 0.2) is 0 Å². The number of nitrogens with two attached hydrogens (primary N) is 1. The average Bonchev–Trinajstić information content (AvgIpc) is 2.50. The van der Waals surface area contributed by atoms with E-state index in [0.717, 1.165) is 12.5 Å². The van der Waals surface area contributed by atoms with E-state index in [2.05, 4.69) is 4.72 Å². The van der Waals surface area contributed by atoms with Crippen LogP contribution < -0.4 is 15.2 Å². The fraction of sp³-hybridized carbons (Fsp3) is 0.429. The molecule has 0 unspecified atom stereocenters. The number of primary amides is 1. The molecule has 0 aliphatic heterocycles. The van der Waals surface area contributed by atoms with Crippen molar-refractivity contribution in [1.29, 1.82) is 0 Å². The molecule has 23 heavy (non-hydrogen) atoms. The summed E-state index contributed by atoms with van der Waals surface area (Å²) in [6, 6.07) is 2.32. The van der Waals surface area contributed by atoms with Gasteiger partial charge >= 0.3 is 5.97 Å². The number of unbranched alkanes of at least 4 members (excludes halogenated alkanes) is 1. The highest BCUT2D eigenvalue weighted by atomic mass is 32.2. The van der Waals surface area contributed by atoms with Gasteiger partial charge in [-0.25, -0.2) is 8.42 Å². The van der Waals surface area contributed by atoms with Crippen molar-refractivity contribution in [2.75, 3.05) is 7.11 Å². The molecule has 1 atom stereocenters. The summed E-state index contributed by atoms with van der Waals surface area (Å²) >= 11 is 0. The Hall–Kier alpha value is -2.13. The smallest absolute Gasteiger partial charge is 0.321 e. The number of carboxylic acids is 1. The number of nitrogens with one attached hydrogen (secondary N) is 1. The average molecular weight is 344 g/mol. The van der Waals surface area contributed by atoms with Crippen LogP contribution in [0.15, 0.2) is 23.1 Å². The topological polar surface area (TPSA) is 136 Å². The highest BCUT2D eigenvalue weighted by Crippen LogP contribution is 2.22. The van der Waals surface area contributed by atoms with Gasteiger partial charge in [-0.2, -0.15) is 4.72 Å². The van der Waals surface area contributed by atoms with Crippen molar-refractivity contribution in [3.8, 4) is 5.75 Å². The normalized spacial score (nSPS) is 12.6. The number of amides is 1. The zero-order valence-corrected chi connectivity index (χ0v) is 13.7. The van der Waals surface area contributed by atoms with Crippen LogP contribution in [0.1, 0.15) is 36.5 Å². The first-order valence-electron chi connectivity index (χ1n) is 6.96. The van der Waals surface area contributed by atoms with E-state index in [1.807, 2.05) is 6.92 Å². The molecule has 8 nitrogen and oxygen atoms in total. The molecule has 0 bridgehead atoms. The number of carboxylic acid groups (broad SMARTS) is 1. The second-order valence-corrected chi connectivity index (χ2v) is 6.59. The second-order valence-electron chi connectivity index (χ2n) is 4.88. The maximum absolute atomic E-state index is 12.3. The van der Waals surface area contributed by atoms with E-state index in [9.17, 15) is 18.0 Å². The van der Waals surface area contributed by atoms with E-state index in [1.165, 1.54) is 19.2 Å². The predicted octanol–water partition coefficient (Wildman–Crippen LogP) is 0.716. The predicted molar refractivity (Wildman–Crippen MR) is 82.8 cm³/mol. The summed E-state index contributed by atoms with van der Waals surface area (Å²) in [4.78, 5) is 22.3. The fourth-order valence-electron chi connectivity index (χ4n) is 1.94. The van der Waals surface area contributed by atoms with E-state index in [-0.39, 0.29) is 22.6 Å². The van der Waals surface area contributed by atoms with Gasteiger partial charge in [0.05, 0.1) is 17.6 Å². The lowest BCUT2D eigenvalue weighted by Gasteiger charge is -2.15. The number of benzene rings is 1. The molecule has 0 aliphatic rings. The zero-order chi connectivity index (χ0) is 17.6. The number of hydrogen-bond acceptors (Lipinski definition) is 5. The van der Waals surface area contributed by atoms with Gasteiger partial charge in [-0.1, -0.05) is 19.8 Å². The van der Waals surface area contributed by atoms with Crippen molar-refractivity contribution >= 4 is 21.9 Å². The number of aliphatic carboxylic acids is 1. The standard InChI is InChI=1S/C14H20N2O6S/c1-3-4-5-11(14(18)19)16-23(20,21)9-6-7-12(22-2)10(8-9)13(15)17/h6-8,11,16H,3-5H2,1-2H3,(H2,15,17)(H,18,19)/t11-/m0/s1. The Labute approximate surface area is 134 Å². The molecular formula is C14H20N2O6S. The number of methoxy groups -OCH3 is 1. The zero-order valence-electron chi connectivity index (χ0n) is 12.9. The minimum atomic E-state index is -4.11. The molecule has 0 radical (unpaired) electrons. The third kappa shape index (κ3) is 4.93. The van der Waals surface area contributed by atoms with Crippen LogP contribution in [0.5, 0.6) is 5.75 Å². The van der Waals surface area contributed by atoms with Crippen LogP contribution in [0.3, 0.4) is 0 Å². The van der Waals surface area contributed by atoms with Crippen LogP contribution in [-0.4, -0.2) is 38.6 Å². The van der Waals surface area contributed by atoms with Crippen molar-refractivity contribution in [1.82, 2.24) is 4.72 Å². The summed E-state index contributed by atoms with van der Waals surface area (Å²) in [5.74, 6) is -1.97. The maximum atomic E-state index is 12.3. The van der Waals surface area contributed by atoms with Crippen LogP contribution in [-0.2, 0) is 14.8 Å². The lowest BCUT2D eigenvalue weighted by Crippen LogP contribution is -2.40. The van der Waals surface area contributed by atoms with Crippen molar-refractivity contribution in [2.45, 2.75) is 37.1 Å². The quantitative estimate of drug-likeness (QED) is 0.604. The molecule has 0 fully saturated rings. The number of carbonyl (C=O) groups is 2. The van der Waals surface area contributed by atoms with Crippen molar-refractivity contribution in [3.05, 3.63) is 23.8 Å². The minimum Gasteiger partial charge on any atom is -0.496 e. The first kappa shape index (κ1) is 18.9. The highest BCUT2D eigenvalue weighted by molar-refractivity contribution is 7.89. The van der Waals surface area contributed by atoms with Gasteiger partial charge in [0.1, 0.15) is 11.8 Å². The molecular weight excluding hydrogens is 324 g/mol. The summed E-state index contributed by atoms with van der Waals surface area (Å²) < 4.78 is 31.7. The van der Waals surface area contributed by atoms with Crippen molar-refractivity contribution < 1.29 is 27.9 Å². The Bertz CT molecular complexity index is 687. The van der Waals surface area contributed by atoms with Crippen LogP contribution in [0.2, 0.25) is 0 Å². The molecule has 0 aliphatic carbocycles. The highest BCUT2D eigenvalue weighted by Gasteiger charge is 2.26. The van der Waals surface area contributed by atoms with Gasteiger partial charge in [-0.05, 0) is 24.6 Å². The SMILES string of the molecule is CCCC[C@H](NS(=O)(=O)c1ccc(OC)c(C(N)=O)c1)C(=O)O. The van der Waals surface area contributed by atoms with E-state index in [0.29, 0.717) is 6.42 Å². The first-order valence-corrected chi connectivity index (χ1v) is 8.44. The molecule has 4 N–H and O–H groups in total. The molecule has 1 rings (SSSR count). The van der Waals surface area contributed by atoms with Gasteiger partial charge < -0.3 is 15.6 Å². The van der Waals surface area contributed by atoms with E-state index in [4.69, 9.17) is 15.6 Å². The minimum absolute atomic E-state index is 0.101. The Morgan fingerprint density at radius 2 is 2.04 bits per heavy atom. The first-order chi connectivity index (χ1) is 10.7. The Kier molecular flexibility index (Phi) is 6.52. The van der Waals surface area contributed by atoms with E-state index < -0.39 is 27.9 Å². The molecule has 0 aromatic heterocycles. The van der Waals surface area contributed by atoms with Crippen molar-refractivity contribution in [3.63, 3.8) is 0 Å². The van der Waals surface area contributed by atoms with Crippen LogP contribution in [0, 0.1) is 0 Å². The van der Waals surface area contributed by atoms with E-state index in [1.54, 1.807) is 0 Å². The summed E-state index contributed by atoms with van der Waals surface area (Å²) in [5.41, 5.74) is 5.09. The molecule has 0 heterocycles. The van der Waals surface area contributed by atoms with Crippen LogP contribution in [0.4, 0.5) is 0 Å². The summed E-state index contributed by atoms with van der Waals surface area (Å²) in [7, 11) is -2.79. The Morgan fingerprint density at radius 1 is 1.39 bits per heavy atom. The molecule has 0 saturated carbocycles. The van der Waals surface area contributed by atoms with Gasteiger partial charge in [0.25, 0.3) is 5.91 Å². The number of sulfonamides is 1. The summed E-state index contributed by atoms with van der Waals surface area (Å²) in [6.07, 6.45) is 1.47. The third-order valence-electron chi connectivity index (χ3n) is 3.19. The number of carbonyl (C=O) groups excluding carboxylic acids is 1. The molecule has 1 aromatic rings. The number of rotatable bonds is 9. The Morgan fingerprint density at radius 3 is 2.52 bits per heavy atom. The maximum Gasteiger partial charge on any atom is 0.321 e. The second kappa shape index (κ2) is 7.93. The number of hydrogen-bond donors (Lipinski definition) is 3. The molecule has 128 valence electrons. The lowest BCUT2D eigenvalue weighted by molar-refractivity contribution is -0.139. The monoisotopic (exact) mass is 344 g/mol. The van der Waals surface area contributed by atoms with Gasteiger partial charge in [0.2, 0.25) is 10.0 Å². The van der Waals surface area contributed by atoms with E-state index >= 15 is 0 Å².